The van der Waals surface area contributed by atoms with Gasteiger partial charge in [0.25, 0.3) is 0 Å². The third-order valence-electron chi connectivity index (χ3n) is 6.75. The molecule has 0 aliphatic carbocycles. The van der Waals surface area contributed by atoms with Gasteiger partial charge < -0.3 is 14.4 Å². The van der Waals surface area contributed by atoms with Crippen LogP contribution in [0.2, 0.25) is 0 Å². The summed E-state index contributed by atoms with van der Waals surface area (Å²) in [5, 5.41) is 2.58. The lowest BCUT2D eigenvalue weighted by Crippen LogP contribution is -2.28. The minimum atomic E-state index is 0.0466. The molecule has 0 radical (unpaired) electrons. The highest BCUT2D eigenvalue weighted by Crippen LogP contribution is 2.33. The lowest BCUT2D eigenvalue weighted by Gasteiger charge is -2.29. The quantitative estimate of drug-likeness (QED) is 0.159. The largest absolute Gasteiger partial charge is 0.467 e. The monoisotopic (exact) mass is 525 g/mol. The van der Waals surface area contributed by atoms with Crippen LogP contribution in [0, 0.1) is 13.8 Å². The molecule has 1 atom stereocenters. The zero-order valence-electron chi connectivity index (χ0n) is 23.5. The normalized spacial score (nSPS) is 11.7. The molecule has 0 aliphatic heterocycles. The van der Waals surface area contributed by atoms with Gasteiger partial charge in [-0.3, -0.25) is 0 Å². The summed E-state index contributed by atoms with van der Waals surface area (Å²) < 4.78 is 11.5. The predicted octanol–water partition coefficient (Wildman–Crippen LogP) is 7.42. The summed E-state index contributed by atoms with van der Waals surface area (Å²) in [5.41, 5.74) is 7.68. The van der Waals surface area contributed by atoms with E-state index < -0.39 is 0 Å². The summed E-state index contributed by atoms with van der Waals surface area (Å²) in [4.78, 5) is 2.51. The Morgan fingerprint density at radius 3 is 1.89 bits per heavy atom. The van der Waals surface area contributed by atoms with E-state index in [4.69, 9.17) is 9.47 Å². The highest BCUT2D eigenvalue weighted by atomic mass is 31.1. The predicted molar refractivity (Wildman–Crippen MR) is 164 cm³/mol. The summed E-state index contributed by atoms with van der Waals surface area (Å²) >= 11 is 0. The first-order chi connectivity index (χ1) is 18.3. The molecule has 0 saturated heterocycles. The minimum Gasteiger partial charge on any atom is -0.467 e. The molecule has 1 unspecified atom stereocenters. The average Bonchev–Trinajstić information content (AvgIpc) is 2.89. The third-order valence-corrected chi connectivity index (χ3v) is 8.29. The molecule has 3 nitrogen and oxygen atoms in total. The van der Waals surface area contributed by atoms with Crippen LogP contribution in [0.15, 0.2) is 91.0 Å². The maximum atomic E-state index is 6.16. The lowest BCUT2D eigenvalue weighted by atomic mass is 9.86. The second-order valence-electron chi connectivity index (χ2n) is 10.9. The fourth-order valence-corrected chi connectivity index (χ4v) is 6.19. The second-order valence-corrected chi connectivity index (χ2v) is 12.2. The van der Waals surface area contributed by atoms with Gasteiger partial charge in [0, 0.05) is 36.5 Å². The van der Waals surface area contributed by atoms with Crippen LogP contribution in [-0.2, 0) is 23.2 Å². The lowest BCUT2D eigenvalue weighted by molar-refractivity contribution is 0.0514. The first-order valence-electron chi connectivity index (χ1n) is 13.2. The molecule has 0 aliphatic rings. The molecule has 4 aromatic carbocycles. The standard InChI is InChI=1S/C34H40NO2P/c1-25-14-13-19-30(35(22-27-15-9-7-10-16-27)23-28-17-11-8-12-18-28)33(25)38-31-21-29(34(3,4)5)20-26(2)32(31)37-24-36-6/h7-21,38H,22-24H2,1-6H3. The first-order valence-corrected chi connectivity index (χ1v) is 14.2. The maximum Gasteiger partial charge on any atom is 0.188 e. The van der Waals surface area contributed by atoms with Gasteiger partial charge in [-0.2, -0.15) is 0 Å². The Hall–Kier alpha value is -3.13. The molecule has 0 bridgehead atoms. The Morgan fingerprint density at radius 1 is 0.737 bits per heavy atom. The average molecular weight is 526 g/mol. The van der Waals surface area contributed by atoms with Crippen molar-refractivity contribution in [2.45, 2.75) is 53.1 Å². The van der Waals surface area contributed by atoms with Gasteiger partial charge in [0.05, 0.1) is 0 Å². The molecule has 0 saturated carbocycles. The van der Waals surface area contributed by atoms with Gasteiger partial charge in [0.15, 0.2) is 6.79 Å². The number of anilines is 1. The number of aryl methyl sites for hydroxylation is 2. The number of nitrogens with zero attached hydrogens (tertiary/aromatic N) is 1. The first kappa shape index (κ1) is 27.9. The topological polar surface area (TPSA) is 21.7 Å². The summed E-state index contributed by atoms with van der Waals surface area (Å²) in [6.07, 6.45) is 0. The Balaban J connectivity index is 1.80. The summed E-state index contributed by atoms with van der Waals surface area (Å²) in [6, 6.07) is 32.8. The van der Waals surface area contributed by atoms with E-state index in [0.29, 0.717) is 8.58 Å². The van der Waals surface area contributed by atoms with Crippen molar-refractivity contribution in [1.82, 2.24) is 0 Å². The van der Waals surface area contributed by atoms with Gasteiger partial charge in [-0.15, -0.1) is 0 Å². The molecule has 198 valence electrons. The number of ether oxygens (including phenoxy) is 2. The van der Waals surface area contributed by atoms with Crippen molar-refractivity contribution in [2.24, 2.45) is 0 Å². The fourth-order valence-electron chi connectivity index (χ4n) is 4.66. The van der Waals surface area contributed by atoms with Crippen molar-refractivity contribution in [3.8, 4) is 5.75 Å². The highest BCUT2D eigenvalue weighted by molar-refractivity contribution is 7.56. The van der Waals surface area contributed by atoms with Crippen molar-refractivity contribution in [3.63, 3.8) is 0 Å². The van der Waals surface area contributed by atoms with Crippen LogP contribution in [0.25, 0.3) is 0 Å². The van der Waals surface area contributed by atoms with E-state index in [0.717, 1.165) is 24.4 Å². The van der Waals surface area contributed by atoms with Crippen molar-refractivity contribution in [1.29, 1.82) is 0 Å². The Labute approximate surface area is 230 Å². The number of methoxy groups -OCH3 is 1. The molecule has 0 N–H and O–H groups in total. The van der Waals surface area contributed by atoms with Crippen LogP contribution in [0.5, 0.6) is 5.75 Å². The van der Waals surface area contributed by atoms with Crippen molar-refractivity contribution < 1.29 is 9.47 Å². The molecule has 4 aromatic rings. The minimum absolute atomic E-state index is 0.0466. The van der Waals surface area contributed by atoms with Gasteiger partial charge in [-0.25, -0.2) is 0 Å². The number of rotatable bonds is 10. The van der Waals surface area contributed by atoms with Crippen LogP contribution in [0.1, 0.15) is 48.6 Å². The van der Waals surface area contributed by atoms with Crippen molar-refractivity contribution in [3.05, 3.63) is 119 Å². The van der Waals surface area contributed by atoms with Gasteiger partial charge in [0.1, 0.15) is 5.75 Å². The van der Waals surface area contributed by atoms with Gasteiger partial charge in [-0.05, 0) is 59.2 Å². The molecular weight excluding hydrogens is 485 g/mol. The molecule has 4 heteroatoms. The number of benzene rings is 4. The maximum absolute atomic E-state index is 6.16. The van der Waals surface area contributed by atoms with E-state index in [9.17, 15) is 0 Å². The Kier molecular flexibility index (Phi) is 9.26. The number of hydrogen-bond donors (Lipinski definition) is 0. The van der Waals surface area contributed by atoms with Crippen LogP contribution in [-0.4, -0.2) is 13.9 Å². The zero-order valence-corrected chi connectivity index (χ0v) is 24.5. The van der Waals surface area contributed by atoms with E-state index in [-0.39, 0.29) is 12.2 Å². The molecule has 0 spiro atoms. The van der Waals surface area contributed by atoms with E-state index >= 15 is 0 Å². The zero-order chi connectivity index (χ0) is 27.1. The Bertz CT molecular complexity index is 1290. The molecule has 0 heterocycles. The fraction of sp³-hybridized carbons (Fsp3) is 0.294. The molecule has 4 rings (SSSR count). The smallest absolute Gasteiger partial charge is 0.188 e. The molecular formula is C34H40NO2P. The number of hydrogen-bond acceptors (Lipinski definition) is 3. The van der Waals surface area contributed by atoms with Crippen LogP contribution in [0.4, 0.5) is 5.69 Å². The van der Waals surface area contributed by atoms with E-state index in [1.807, 2.05) is 0 Å². The van der Waals surface area contributed by atoms with Crippen molar-refractivity contribution >= 4 is 24.9 Å². The third kappa shape index (κ3) is 7.04. The van der Waals surface area contributed by atoms with E-state index in [1.165, 1.54) is 38.6 Å². The van der Waals surface area contributed by atoms with Crippen molar-refractivity contribution in [2.75, 3.05) is 18.8 Å². The van der Waals surface area contributed by atoms with Gasteiger partial charge in [0.2, 0.25) is 0 Å². The molecule has 0 fully saturated rings. The summed E-state index contributed by atoms with van der Waals surface area (Å²) in [6.45, 7) is 13.1. The van der Waals surface area contributed by atoms with Gasteiger partial charge in [-0.1, -0.05) is 108 Å². The molecule has 38 heavy (non-hydrogen) atoms. The summed E-state index contributed by atoms with van der Waals surface area (Å²) in [7, 11) is 2.12. The van der Waals surface area contributed by atoms with E-state index in [1.54, 1.807) is 7.11 Å². The highest BCUT2D eigenvalue weighted by Gasteiger charge is 2.21. The molecule has 0 amide bonds. The van der Waals surface area contributed by atoms with Crippen LogP contribution < -0.4 is 20.2 Å². The Morgan fingerprint density at radius 2 is 1.34 bits per heavy atom. The van der Waals surface area contributed by atoms with Crippen LogP contribution in [0.3, 0.4) is 0 Å². The summed E-state index contributed by atoms with van der Waals surface area (Å²) in [5.74, 6) is 0.935. The second kappa shape index (κ2) is 12.6. The van der Waals surface area contributed by atoms with E-state index in [2.05, 4.69) is 131 Å². The van der Waals surface area contributed by atoms with Crippen LogP contribution >= 0.6 is 8.58 Å². The SMILES string of the molecule is COCOc1c(C)cc(C(C)(C)C)cc1Pc1c(C)cccc1N(Cc1ccccc1)Cc1ccccc1. The molecule has 0 aromatic heterocycles. The van der Waals surface area contributed by atoms with Gasteiger partial charge >= 0.3 is 0 Å².